The number of nitrogens with one attached hydrogen (secondary N) is 1. The molecule has 10 heavy (non-hydrogen) atoms. The third kappa shape index (κ3) is 0.757. The normalized spacial score (nSPS) is 14.8. The molecule has 1 aromatic rings. The Hall–Kier alpha value is -1.38. The van der Waals surface area contributed by atoms with E-state index >= 15 is 0 Å². The molecule has 50 valence electrons. The van der Waals surface area contributed by atoms with Crippen LogP contribution in [0.5, 0.6) is 0 Å². The Labute approximate surface area is 58.5 Å². The fourth-order valence-corrected chi connectivity index (χ4v) is 0.914. The average molecular weight is 133 g/mol. The van der Waals surface area contributed by atoms with Gasteiger partial charge in [-0.25, -0.2) is 4.99 Å². The van der Waals surface area contributed by atoms with Gasteiger partial charge in [0.05, 0.1) is 6.20 Å². The van der Waals surface area contributed by atoms with Gasteiger partial charge in [-0.05, 0) is 0 Å². The van der Waals surface area contributed by atoms with Crippen LogP contribution in [0.2, 0.25) is 0 Å². The molecule has 2 rings (SSSR count). The quantitative estimate of drug-likeness (QED) is 0.572. The summed E-state index contributed by atoms with van der Waals surface area (Å²) in [6.45, 7) is 0. The van der Waals surface area contributed by atoms with Gasteiger partial charge in [0, 0.05) is 18.2 Å². The summed E-state index contributed by atoms with van der Waals surface area (Å²) in [7, 11) is 0. The monoisotopic (exact) mass is 133 g/mol. The highest BCUT2D eigenvalue weighted by molar-refractivity contribution is 5.73. The molecule has 0 atom stereocenters. The van der Waals surface area contributed by atoms with Gasteiger partial charge >= 0.3 is 0 Å². The largest absolute Gasteiger partial charge is 0.261 e. The van der Waals surface area contributed by atoms with Gasteiger partial charge in [-0.2, -0.15) is 5.10 Å². The summed E-state index contributed by atoms with van der Waals surface area (Å²) in [6.07, 6.45) is 8.62. The van der Waals surface area contributed by atoms with Crippen molar-refractivity contribution in [3.8, 4) is 0 Å². The number of rotatable bonds is 0. The fourth-order valence-electron chi connectivity index (χ4n) is 0.914. The molecule has 0 radical (unpaired) electrons. The van der Waals surface area contributed by atoms with E-state index in [0.29, 0.717) is 0 Å². The first-order valence-corrected chi connectivity index (χ1v) is 3.19. The van der Waals surface area contributed by atoms with Crippen molar-refractivity contribution in [3.63, 3.8) is 0 Å². The van der Waals surface area contributed by atoms with E-state index < -0.39 is 0 Å². The lowest BCUT2D eigenvalue weighted by atomic mass is 10.3. The van der Waals surface area contributed by atoms with Crippen molar-refractivity contribution in [2.24, 2.45) is 4.99 Å². The molecule has 1 N–H and O–H groups in total. The first kappa shape index (κ1) is 5.41. The topological polar surface area (TPSA) is 41.0 Å². The Bertz CT molecular complexity index is 256. The number of aromatic nitrogens is 2. The number of aromatic amines is 1. The average Bonchev–Trinajstić information content (AvgIpc) is 2.28. The summed E-state index contributed by atoms with van der Waals surface area (Å²) in [5, 5.41) is 6.65. The molecule has 0 amide bonds. The van der Waals surface area contributed by atoms with Gasteiger partial charge in [0.15, 0.2) is 5.82 Å². The number of hydrogen-bond donors (Lipinski definition) is 1. The highest BCUT2D eigenvalue weighted by atomic mass is 15.2. The molecule has 0 saturated carbocycles. The van der Waals surface area contributed by atoms with Crippen LogP contribution in [0.1, 0.15) is 12.0 Å². The van der Waals surface area contributed by atoms with Crippen LogP contribution in [-0.4, -0.2) is 16.4 Å². The molecule has 0 saturated heterocycles. The van der Waals surface area contributed by atoms with Gasteiger partial charge in [-0.1, -0.05) is 12.2 Å². The van der Waals surface area contributed by atoms with Gasteiger partial charge in [-0.3, -0.25) is 5.10 Å². The molecule has 2 heterocycles. The molecule has 0 aromatic carbocycles. The summed E-state index contributed by atoms with van der Waals surface area (Å²) in [5.74, 6) is 0.855. The molecule has 0 fully saturated rings. The summed E-state index contributed by atoms with van der Waals surface area (Å²) < 4.78 is 0. The van der Waals surface area contributed by atoms with E-state index in [9.17, 15) is 0 Å². The summed E-state index contributed by atoms with van der Waals surface area (Å²) in [6, 6.07) is 0. The second-order valence-corrected chi connectivity index (χ2v) is 2.12. The first-order chi connectivity index (χ1) is 4.97. The van der Waals surface area contributed by atoms with Gasteiger partial charge in [0.2, 0.25) is 0 Å². The van der Waals surface area contributed by atoms with E-state index in [4.69, 9.17) is 0 Å². The van der Waals surface area contributed by atoms with Crippen LogP contribution >= 0.6 is 0 Å². The van der Waals surface area contributed by atoms with Gasteiger partial charge in [0.1, 0.15) is 0 Å². The molecule has 0 spiro atoms. The molecule has 3 nitrogen and oxygen atoms in total. The number of hydrogen-bond acceptors (Lipinski definition) is 2. The van der Waals surface area contributed by atoms with Crippen molar-refractivity contribution in [2.45, 2.75) is 6.42 Å². The number of nitrogens with zero attached hydrogens (tertiary/aromatic N) is 2. The van der Waals surface area contributed by atoms with E-state index in [1.165, 1.54) is 0 Å². The van der Waals surface area contributed by atoms with Crippen molar-refractivity contribution in [2.75, 3.05) is 0 Å². The second-order valence-electron chi connectivity index (χ2n) is 2.12. The van der Waals surface area contributed by atoms with Crippen LogP contribution in [-0.2, 0) is 0 Å². The zero-order valence-electron chi connectivity index (χ0n) is 5.41. The third-order valence-corrected chi connectivity index (χ3v) is 1.41. The summed E-state index contributed by atoms with van der Waals surface area (Å²) in [5.41, 5.74) is 1.06. The van der Waals surface area contributed by atoms with Crippen LogP contribution in [0.3, 0.4) is 0 Å². The summed E-state index contributed by atoms with van der Waals surface area (Å²) in [4.78, 5) is 4.14. The van der Waals surface area contributed by atoms with Crippen LogP contribution in [0.25, 0.3) is 6.08 Å². The van der Waals surface area contributed by atoms with Crippen LogP contribution in [0.4, 0.5) is 5.82 Å². The Balaban J connectivity index is 2.56. The first-order valence-electron chi connectivity index (χ1n) is 3.19. The minimum absolute atomic E-state index is 0.855. The van der Waals surface area contributed by atoms with E-state index in [1.807, 2.05) is 12.3 Å². The third-order valence-electron chi connectivity index (χ3n) is 1.41. The lowest BCUT2D eigenvalue weighted by Gasteiger charge is -1.83. The predicted molar refractivity (Wildman–Crippen MR) is 40.4 cm³/mol. The molecule has 0 aliphatic carbocycles. The molecule has 3 heteroatoms. The highest BCUT2D eigenvalue weighted by Crippen LogP contribution is 2.17. The zero-order valence-corrected chi connectivity index (χ0v) is 5.41. The minimum Gasteiger partial charge on any atom is -0.261 e. The standard InChI is InChI=1S/C7H7N3/c1-2-4-8-7-6(3-1)5-9-10-7/h1,3-5H,2H2,(H,9,10). The van der Waals surface area contributed by atoms with Crippen LogP contribution in [0.15, 0.2) is 17.3 Å². The maximum atomic E-state index is 4.14. The number of H-pyrrole nitrogens is 1. The Morgan fingerprint density at radius 2 is 2.50 bits per heavy atom. The van der Waals surface area contributed by atoms with Crippen LogP contribution in [0, 0.1) is 0 Å². The Kier molecular flexibility index (Phi) is 1.13. The molecule has 1 aliphatic rings. The molecule has 1 aliphatic heterocycles. The molecule has 1 aromatic heterocycles. The fraction of sp³-hybridized carbons (Fsp3) is 0.143. The highest BCUT2D eigenvalue weighted by Gasteiger charge is 1.99. The second kappa shape index (κ2) is 2.10. The minimum atomic E-state index is 0.855. The lowest BCUT2D eigenvalue weighted by molar-refractivity contribution is 1.08. The van der Waals surface area contributed by atoms with Crippen molar-refractivity contribution in [1.29, 1.82) is 0 Å². The number of aliphatic imine (C=N–C) groups is 1. The van der Waals surface area contributed by atoms with Gasteiger partial charge in [0.25, 0.3) is 0 Å². The van der Waals surface area contributed by atoms with Crippen molar-refractivity contribution in [3.05, 3.63) is 17.8 Å². The van der Waals surface area contributed by atoms with Gasteiger partial charge < -0.3 is 0 Å². The van der Waals surface area contributed by atoms with Crippen molar-refractivity contribution >= 4 is 18.1 Å². The number of fused-ring (bicyclic) bond motifs is 1. The van der Waals surface area contributed by atoms with E-state index in [2.05, 4.69) is 21.3 Å². The maximum Gasteiger partial charge on any atom is 0.154 e. The van der Waals surface area contributed by atoms with Crippen LogP contribution < -0.4 is 0 Å². The Morgan fingerprint density at radius 1 is 1.50 bits per heavy atom. The lowest BCUT2D eigenvalue weighted by Crippen LogP contribution is -1.67. The zero-order chi connectivity index (χ0) is 6.81. The smallest absolute Gasteiger partial charge is 0.154 e. The van der Waals surface area contributed by atoms with E-state index in [0.717, 1.165) is 17.8 Å². The molecular weight excluding hydrogens is 126 g/mol. The van der Waals surface area contributed by atoms with E-state index in [1.54, 1.807) is 6.20 Å². The van der Waals surface area contributed by atoms with Crippen molar-refractivity contribution in [1.82, 2.24) is 10.2 Å². The van der Waals surface area contributed by atoms with Crippen molar-refractivity contribution < 1.29 is 0 Å². The molecule has 0 bridgehead atoms. The van der Waals surface area contributed by atoms with Gasteiger partial charge in [-0.15, -0.1) is 0 Å². The number of allylic oxidation sites excluding steroid dienone is 1. The summed E-state index contributed by atoms with van der Waals surface area (Å²) >= 11 is 0. The maximum absolute atomic E-state index is 4.14. The van der Waals surface area contributed by atoms with E-state index in [-0.39, 0.29) is 0 Å². The molecular formula is C7H7N3. The SMILES string of the molecule is C1=Cc2cn[nH]c2N=CC1. The predicted octanol–water partition coefficient (Wildman–Crippen LogP) is 1.53. The molecule has 0 unspecified atom stereocenters. The Morgan fingerprint density at radius 3 is 3.50 bits per heavy atom.